The Kier molecular flexibility index (Phi) is 7.66. The van der Waals surface area contributed by atoms with Gasteiger partial charge in [-0.1, -0.05) is 48.0 Å². The van der Waals surface area contributed by atoms with Crippen LogP contribution in [0.25, 0.3) is 11.6 Å². The summed E-state index contributed by atoms with van der Waals surface area (Å²) < 4.78 is 16.3. The van der Waals surface area contributed by atoms with Gasteiger partial charge in [0.2, 0.25) is 0 Å². The summed E-state index contributed by atoms with van der Waals surface area (Å²) in [6, 6.07) is 22.8. The van der Waals surface area contributed by atoms with Crippen molar-refractivity contribution in [2.24, 2.45) is 0 Å². The van der Waals surface area contributed by atoms with E-state index in [0.717, 1.165) is 11.1 Å². The molecule has 0 N–H and O–H groups in total. The van der Waals surface area contributed by atoms with Crippen LogP contribution in [0.2, 0.25) is 0 Å². The van der Waals surface area contributed by atoms with Crippen molar-refractivity contribution in [1.29, 1.82) is 5.26 Å². The fraction of sp³-hybridized carbons (Fsp3) is 0.185. The first kappa shape index (κ1) is 22.6. The Labute approximate surface area is 188 Å². The van der Waals surface area contributed by atoms with Gasteiger partial charge in [0.25, 0.3) is 0 Å². The Bertz CT molecular complexity index is 1160. The van der Waals surface area contributed by atoms with Crippen LogP contribution in [0.5, 0.6) is 17.2 Å². The van der Waals surface area contributed by atoms with Crippen molar-refractivity contribution in [3.63, 3.8) is 0 Å². The minimum atomic E-state index is -0.334. The third-order valence-corrected chi connectivity index (χ3v) is 4.98. The van der Waals surface area contributed by atoms with E-state index in [4.69, 9.17) is 14.2 Å². The largest absolute Gasteiger partial charge is 0.496 e. The van der Waals surface area contributed by atoms with Crippen LogP contribution in [-0.4, -0.2) is 20.2 Å². The number of carbonyl (C=O) groups is 1. The van der Waals surface area contributed by atoms with E-state index in [-0.39, 0.29) is 12.4 Å². The second-order valence-electron chi connectivity index (χ2n) is 7.24. The molecular weight excluding hydrogens is 402 g/mol. The molecule has 0 saturated heterocycles. The molecule has 3 aromatic carbocycles. The topological polar surface area (TPSA) is 68.6 Å². The van der Waals surface area contributed by atoms with Gasteiger partial charge in [0.1, 0.15) is 5.75 Å². The van der Waals surface area contributed by atoms with Crippen LogP contribution in [-0.2, 0) is 11.2 Å². The number of hydrogen-bond acceptors (Lipinski definition) is 5. The van der Waals surface area contributed by atoms with E-state index in [1.807, 2.05) is 49.4 Å². The number of benzene rings is 3. The molecule has 32 heavy (non-hydrogen) atoms. The summed E-state index contributed by atoms with van der Waals surface area (Å²) in [6.07, 6.45) is 2.61. The highest BCUT2D eigenvalue weighted by molar-refractivity contribution is 5.92. The minimum absolute atomic E-state index is 0.264. The zero-order chi connectivity index (χ0) is 22.9. The summed E-state index contributed by atoms with van der Waals surface area (Å²) in [5, 5.41) is 9.65. The summed E-state index contributed by atoms with van der Waals surface area (Å²) >= 11 is 0. The maximum atomic E-state index is 12.3. The Morgan fingerprint density at radius 1 is 0.938 bits per heavy atom. The van der Waals surface area contributed by atoms with Crippen LogP contribution in [0.15, 0.2) is 66.7 Å². The monoisotopic (exact) mass is 427 g/mol. The number of para-hydroxylation sites is 1. The van der Waals surface area contributed by atoms with Crippen LogP contribution in [0, 0.1) is 18.3 Å². The van der Waals surface area contributed by atoms with Gasteiger partial charge in [-0.05, 0) is 54.8 Å². The molecule has 162 valence electrons. The van der Waals surface area contributed by atoms with Crippen molar-refractivity contribution < 1.29 is 19.0 Å². The lowest BCUT2D eigenvalue weighted by molar-refractivity contribution is -0.134. The minimum Gasteiger partial charge on any atom is -0.496 e. The first-order valence-electron chi connectivity index (χ1n) is 10.2. The Morgan fingerprint density at radius 3 is 2.34 bits per heavy atom. The molecule has 0 aliphatic rings. The maximum Gasteiger partial charge on any atom is 0.311 e. The molecule has 3 aromatic rings. The normalized spacial score (nSPS) is 10.9. The third-order valence-electron chi connectivity index (χ3n) is 4.98. The number of methoxy groups -OCH3 is 2. The van der Waals surface area contributed by atoms with E-state index in [9.17, 15) is 10.1 Å². The number of esters is 1. The van der Waals surface area contributed by atoms with Crippen LogP contribution in [0.3, 0.4) is 0 Å². The Morgan fingerprint density at radius 2 is 1.66 bits per heavy atom. The van der Waals surface area contributed by atoms with E-state index >= 15 is 0 Å². The van der Waals surface area contributed by atoms with Gasteiger partial charge >= 0.3 is 5.97 Å². The Hall–Kier alpha value is -4.04. The molecule has 0 amide bonds. The molecule has 0 aromatic heterocycles. The van der Waals surface area contributed by atoms with Crippen molar-refractivity contribution in [3.8, 4) is 23.3 Å². The molecule has 0 saturated carbocycles. The summed E-state index contributed by atoms with van der Waals surface area (Å²) in [4.78, 5) is 12.3. The van der Waals surface area contributed by atoms with Gasteiger partial charge in [0.05, 0.1) is 25.9 Å². The zero-order valence-electron chi connectivity index (χ0n) is 18.4. The van der Waals surface area contributed by atoms with Crippen LogP contribution >= 0.6 is 0 Å². The van der Waals surface area contributed by atoms with Crippen LogP contribution < -0.4 is 14.2 Å². The van der Waals surface area contributed by atoms with Crippen LogP contribution in [0.1, 0.15) is 28.7 Å². The quantitative estimate of drug-likeness (QED) is 0.202. The van der Waals surface area contributed by atoms with Crippen LogP contribution in [0.4, 0.5) is 0 Å². The first-order chi connectivity index (χ1) is 15.5. The molecule has 3 rings (SSSR count). The number of nitrogens with zero attached hydrogens (tertiary/aromatic N) is 1. The predicted octanol–water partition coefficient (Wildman–Crippen LogP) is 5.61. The maximum absolute atomic E-state index is 12.3. The van der Waals surface area contributed by atoms with E-state index in [1.165, 1.54) is 12.7 Å². The highest BCUT2D eigenvalue weighted by Gasteiger charge is 2.12. The first-order valence-corrected chi connectivity index (χ1v) is 10.2. The van der Waals surface area contributed by atoms with E-state index < -0.39 is 0 Å². The molecule has 0 bridgehead atoms. The average Bonchev–Trinajstić information content (AvgIpc) is 2.83. The lowest BCUT2D eigenvalue weighted by atomic mass is 10.0. The van der Waals surface area contributed by atoms with Gasteiger partial charge in [-0.15, -0.1) is 0 Å². The fourth-order valence-electron chi connectivity index (χ4n) is 3.24. The zero-order valence-corrected chi connectivity index (χ0v) is 18.4. The molecular formula is C27H25NO4. The molecule has 5 heteroatoms. The summed E-state index contributed by atoms with van der Waals surface area (Å²) in [5.41, 5.74) is 4.15. The summed E-state index contributed by atoms with van der Waals surface area (Å²) in [7, 11) is 3.08. The van der Waals surface area contributed by atoms with E-state index in [2.05, 4.69) is 6.07 Å². The number of hydrogen-bond donors (Lipinski definition) is 0. The lowest BCUT2D eigenvalue weighted by Gasteiger charge is -2.11. The van der Waals surface area contributed by atoms with E-state index in [0.29, 0.717) is 34.8 Å². The SMILES string of the molecule is COc1cc(/C=C(/C#N)c2ccccc2OC)ccc1OC(=O)CCc1ccc(C)cc1. The summed E-state index contributed by atoms with van der Waals surface area (Å²) in [5.74, 6) is 1.04. The van der Waals surface area contributed by atoms with E-state index in [1.54, 1.807) is 37.5 Å². The van der Waals surface area contributed by atoms with Gasteiger partial charge in [-0.2, -0.15) is 5.26 Å². The number of rotatable bonds is 8. The highest BCUT2D eigenvalue weighted by atomic mass is 16.6. The standard InChI is InChI=1S/C27H25NO4/c1-19-8-10-20(11-9-19)13-15-27(29)32-25-14-12-21(17-26(25)31-3)16-22(18-28)23-6-4-5-7-24(23)30-2/h4-12,14,16-17H,13,15H2,1-3H3/b22-16-. The van der Waals surface area contributed by atoms with Crippen molar-refractivity contribution in [2.75, 3.05) is 14.2 Å². The second-order valence-corrected chi connectivity index (χ2v) is 7.24. The molecule has 0 spiro atoms. The molecule has 0 radical (unpaired) electrons. The highest BCUT2D eigenvalue weighted by Crippen LogP contribution is 2.32. The smallest absolute Gasteiger partial charge is 0.311 e. The van der Waals surface area contributed by atoms with Gasteiger partial charge in [0, 0.05) is 12.0 Å². The molecule has 0 fully saturated rings. The van der Waals surface area contributed by atoms with Gasteiger partial charge in [-0.3, -0.25) is 4.79 Å². The molecule has 5 nitrogen and oxygen atoms in total. The lowest BCUT2D eigenvalue weighted by Crippen LogP contribution is -2.10. The van der Waals surface area contributed by atoms with Gasteiger partial charge in [-0.25, -0.2) is 0 Å². The Balaban J connectivity index is 1.75. The number of nitriles is 1. The van der Waals surface area contributed by atoms with Gasteiger partial charge < -0.3 is 14.2 Å². The van der Waals surface area contributed by atoms with Crippen molar-refractivity contribution in [2.45, 2.75) is 19.8 Å². The second kappa shape index (κ2) is 10.8. The number of allylic oxidation sites excluding steroid dienone is 1. The van der Waals surface area contributed by atoms with Crippen molar-refractivity contribution in [1.82, 2.24) is 0 Å². The predicted molar refractivity (Wildman–Crippen MR) is 125 cm³/mol. The van der Waals surface area contributed by atoms with Crippen molar-refractivity contribution >= 4 is 17.6 Å². The number of ether oxygens (including phenoxy) is 3. The van der Waals surface area contributed by atoms with Gasteiger partial charge in [0.15, 0.2) is 11.5 Å². The molecule has 0 aliphatic heterocycles. The third kappa shape index (κ3) is 5.77. The fourth-order valence-corrected chi connectivity index (χ4v) is 3.24. The average molecular weight is 428 g/mol. The molecule has 0 aliphatic carbocycles. The van der Waals surface area contributed by atoms with Crippen molar-refractivity contribution in [3.05, 3.63) is 89.0 Å². The molecule has 0 heterocycles. The number of carbonyl (C=O) groups excluding carboxylic acids is 1. The summed E-state index contributed by atoms with van der Waals surface area (Å²) in [6.45, 7) is 2.03. The molecule has 0 unspecified atom stereocenters. The number of aryl methyl sites for hydroxylation is 2. The molecule has 0 atom stereocenters.